The monoisotopic (exact) mass is 251 g/mol. The van der Waals surface area contributed by atoms with Crippen molar-refractivity contribution < 1.29 is 14.6 Å². The second-order valence-electron chi connectivity index (χ2n) is 4.66. The van der Waals surface area contributed by atoms with Gasteiger partial charge in [-0.2, -0.15) is 0 Å². The maximum atomic E-state index is 10.2. The highest BCUT2D eigenvalue weighted by Crippen LogP contribution is 2.23. The second-order valence-corrected chi connectivity index (χ2v) is 4.66. The number of β-amino-alcohol motifs (C(OH)–C–C–N with tert-alkyl or cyclic N) is 1. The van der Waals surface area contributed by atoms with E-state index in [-0.39, 0.29) is 0 Å². The molecular formula is C14H21NO3. The zero-order valence-electron chi connectivity index (χ0n) is 11.1. The highest BCUT2D eigenvalue weighted by atomic mass is 16.5. The Morgan fingerprint density at radius 3 is 2.72 bits per heavy atom. The molecule has 4 nitrogen and oxygen atoms in total. The van der Waals surface area contributed by atoms with E-state index in [0.717, 1.165) is 43.2 Å². The molecule has 1 aromatic carbocycles. The molecule has 0 aliphatic carbocycles. The predicted molar refractivity (Wildman–Crippen MR) is 69.9 cm³/mol. The summed E-state index contributed by atoms with van der Waals surface area (Å²) in [4.78, 5) is 2.23. The summed E-state index contributed by atoms with van der Waals surface area (Å²) in [6, 6.07) is 5.83. The maximum absolute atomic E-state index is 10.2. The van der Waals surface area contributed by atoms with Crippen LogP contribution < -0.4 is 4.74 Å². The smallest absolute Gasteiger partial charge is 0.121 e. The fraction of sp³-hybridized carbons (Fsp3) is 0.571. The standard InChI is InChI=1S/C14H21NO3/c1-11-9-12(3-4-14(11)17-2)13(16)10-15-5-7-18-8-6-15/h3-4,9,13,16H,5-8,10H2,1-2H3. The average molecular weight is 251 g/mol. The van der Waals surface area contributed by atoms with E-state index in [2.05, 4.69) is 4.90 Å². The van der Waals surface area contributed by atoms with Crippen molar-refractivity contribution in [3.63, 3.8) is 0 Å². The maximum Gasteiger partial charge on any atom is 0.121 e. The van der Waals surface area contributed by atoms with Crippen LogP contribution in [0.5, 0.6) is 5.75 Å². The molecule has 1 aromatic rings. The lowest BCUT2D eigenvalue weighted by atomic mass is 10.1. The van der Waals surface area contributed by atoms with Crippen LogP contribution in [0.15, 0.2) is 18.2 Å². The van der Waals surface area contributed by atoms with E-state index in [4.69, 9.17) is 9.47 Å². The Hall–Kier alpha value is -1.10. The average Bonchev–Trinajstić information content (AvgIpc) is 2.39. The molecule has 0 aromatic heterocycles. The molecule has 1 heterocycles. The van der Waals surface area contributed by atoms with Crippen molar-refractivity contribution in [2.75, 3.05) is 40.0 Å². The Balaban J connectivity index is 1.99. The van der Waals surface area contributed by atoms with E-state index in [9.17, 15) is 5.11 Å². The third kappa shape index (κ3) is 3.22. The molecule has 1 unspecified atom stereocenters. The molecule has 1 fully saturated rings. The van der Waals surface area contributed by atoms with Gasteiger partial charge >= 0.3 is 0 Å². The van der Waals surface area contributed by atoms with Gasteiger partial charge in [-0.05, 0) is 30.2 Å². The lowest BCUT2D eigenvalue weighted by Gasteiger charge is -2.28. The molecule has 0 saturated carbocycles. The second kappa shape index (κ2) is 6.18. The fourth-order valence-corrected chi connectivity index (χ4v) is 2.24. The molecule has 0 spiro atoms. The van der Waals surface area contributed by atoms with Gasteiger partial charge in [0.2, 0.25) is 0 Å². The quantitative estimate of drug-likeness (QED) is 0.877. The number of aliphatic hydroxyl groups excluding tert-OH is 1. The summed E-state index contributed by atoms with van der Waals surface area (Å²) in [6.45, 7) is 5.96. The highest BCUT2D eigenvalue weighted by Gasteiger charge is 2.16. The number of rotatable bonds is 4. The minimum atomic E-state index is -0.451. The van der Waals surface area contributed by atoms with Gasteiger partial charge in [0.05, 0.1) is 26.4 Å². The number of morpholine rings is 1. The first-order chi connectivity index (χ1) is 8.70. The number of aryl methyl sites for hydroxylation is 1. The van der Waals surface area contributed by atoms with E-state index < -0.39 is 6.10 Å². The third-order valence-corrected chi connectivity index (χ3v) is 3.34. The highest BCUT2D eigenvalue weighted by molar-refractivity contribution is 5.37. The van der Waals surface area contributed by atoms with Crippen molar-refractivity contribution in [2.45, 2.75) is 13.0 Å². The Morgan fingerprint density at radius 2 is 2.11 bits per heavy atom. The van der Waals surface area contributed by atoms with Crippen LogP contribution in [0.25, 0.3) is 0 Å². The van der Waals surface area contributed by atoms with Gasteiger partial charge in [0.25, 0.3) is 0 Å². The molecule has 4 heteroatoms. The number of methoxy groups -OCH3 is 1. The first-order valence-electron chi connectivity index (χ1n) is 6.33. The van der Waals surface area contributed by atoms with Gasteiger partial charge in [-0.3, -0.25) is 4.90 Å². The zero-order chi connectivity index (χ0) is 13.0. The molecule has 18 heavy (non-hydrogen) atoms. The van der Waals surface area contributed by atoms with Crippen LogP contribution in [0.4, 0.5) is 0 Å². The summed E-state index contributed by atoms with van der Waals surface area (Å²) >= 11 is 0. The number of nitrogens with zero attached hydrogens (tertiary/aromatic N) is 1. The van der Waals surface area contributed by atoms with E-state index in [1.54, 1.807) is 7.11 Å². The van der Waals surface area contributed by atoms with Crippen LogP contribution in [0, 0.1) is 6.92 Å². The van der Waals surface area contributed by atoms with Gasteiger partial charge < -0.3 is 14.6 Å². The third-order valence-electron chi connectivity index (χ3n) is 3.34. The summed E-state index contributed by atoms with van der Waals surface area (Å²) in [6.07, 6.45) is -0.451. The topological polar surface area (TPSA) is 41.9 Å². The van der Waals surface area contributed by atoms with Gasteiger partial charge in [-0.25, -0.2) is 0 Å². The van der Waals surface area contributed by atoms with E-state index in [0.29, 0.717) is 6.54 Å². The van der Waals surface area contributed by atoms with Gasteiger partial charge in [0, 0.05) is 19.6 Å². The molecule has 100 valence electrons. The van der Waals surface area contributed by atoms with Crippen LogP contribution in [0.1, 0.15) is 17.2 Å². The molecule has 2 rings (SSSR count). The Bertz CT molecular complexity index is 389. The fourth-order valence-electron chi connectivity index (χ4n) is 2.24. The predicted octanol–water partition coefficient (Wildman–Crippen LogP) is 1.37. The van der Waals surface area contributed by atoms with Gasteiger partial charge in [-0.15, -0.1) is 0 Å². The summed E-state index contributed by atoms with van der Waals surface area (Å²) < 4.78 is 10.5. The lowest BCUT2D eigenvalue weighted by Crippen LogP contribution is -2.38. The number of hydrogen-bond donors (Lipinski definition) is 1. The largest absolute Gasteiger partial charge is 0.496 e. The molecule has 0 amide bonds. The molecule has 1 aliphatic heterocycles. The van der Waals surface area contributed by atoms with Crippen molar-refractivity contribution >= 4 is 0 Å². The molecule has 1 atom stereocenters. The molecule has 0 bridgehead atoms. The Morgan fingerprint density at radius 1 is 1.39 bits per heavy atom. The van der Waals surface area contributed by atoms with Crippen LogP contribution >= 0.6 is 0 Å². The first kappa shape index (κ1) is 13.3. The van der Waals surface area contributed by atoms with Gasteiger partial charge in [0.1, 0.15) is 5.75 Å². The summed E-state index contributed by atoms with van der Waals surface area (Å²) in [5.74, 6) is 0.859. The number of aliphatic hydroxyl groups is 1. The Labute approximate surface area is 108 Å². The van der Waals surface area contributed by atoms with Crippen LogP contribution in [-0.4, -0.2) is 50.0 Å². The van der Waals surface area contributed by atoms with Crippen molar-refractivity contribution in [3.8, 4) is 5.75 Å². The molecule has 1 saturated heterocycles. The van der Waals surface area contributed by atoms with Crippen molar-refractivity contribution in [2.24, 2.45) is 0 Å². The van der Waals surface area contributed by atoms with Crippen LogP contribution in [0.2, 0.25) is 0 Å². The summed E-state index contributed by atoms with van der Waals surface area (Å²) in [5, 5.41) is 10.2. The SMILES string of the molecule is COc1ccc(C(O)CN2CCOCC2)cc1C. The first-order valence-corrected chi connectivity index (χ1v) is 6.33. The Kier molecular flexibility index (Phi) is 4.58. The van der Waals surface area contributed by atoms with Crippen molar-refractivity contribution in [1.82, 2.24) is 4.90 Å². The summed E-state index contributed by atoms with van der Waals surface area (Å²) in [7, 11) is 1.66. The number of ether oxygens (including phenoxy) is 2. The van der Waals surface area contributed by atoms with Crippen molar-refractivity contribution in [1.29, 1.82) is 0 Å². The lowest BCUT2D eigenvalue weighted by molar-refractivity contribution is 0.0143. The van der Waals surface area contributed by atoms with E-state index in [1.165, 1.54) is 0 Å². The molecule has 1 aliphatic rings. The molecule has 0 radical (unpaired) electrons. The molecular weight excluding hydrogens is 230 g/mol. The van der Waals surface area contributed by atoms with E-state index >= 15 is 0 Å². The minimum Gasteiger partial charge on any atom is -0.496 e. The zero-order valence-corrected chi connectivity index (χ0v) is 11.1. The van der Waals surface area contributed by atoms with Gasteiger partial charge in [0.15, 0.2) is 0 Å². The van der Waals surface area contributed by atoms with Crippen LogP contribution in [0.3, 0.4) is 0 Å². The normalized spacial score (nSPS) is 18.6. The number of benzene rings is 1. The van der Waals surface area contributed by atoms with Crippen LogP contribution in [-0.2, 0) is 4.74 Å². The summed E-state index contributed by atoms with van der Waals surface area (Å²) in [5.41, 5.74) is 2.00. The number of hydrogen-bond acceptors (Lipinski definition) is 4. The van der Waals surface area contributed by atoms with Gasteiger partial charge in [-0.1, -0.05) is 6.07 Å². The molecule has 1 N–H and O–H groups in total. The van der Waals surface area contributed by atoms with E-state index in [1.807, 2.05) is 25.1 Å². The minimum absolute atomic E-state index is 0.451. The van der Waals surface area contributed by atoms with Crippen molar-refractivity contribution in [3.05, 3.63) is 29.3 Å².